The Morgan fingerprint density at radius 1 is 1.19 bits per heavy atom. The van der Waals surface area contributed by atoms with Crippen LogP contribution >= 0.6 is 0 Å². The fourth-order valence-electron chi connectivity index (χ4n) is 2.64. The van der Waals surface area contributed by atoms with Gasteiger partial charge in [-0.05, 0) is 31.0 Å². The van der Waals surface area contributed by atoms with Crippen LogP contribution in [-0.2, 0) is 6.18 Å². The molecule has 1 aromatic carbocycles. The molecular formula is C15H19F3N2O. The predicted molar refractivity (Wildman–Crippen MR) is 75.3 cm³/mol. The molecular weight excluding hydrogens is 281 g/mol. The average molecular weight is 300 g/mol. The first-order chi connectivity index (χ1) is 9.91. The van der Waals surface area contributed by atoms with Gasteiger partial charge in [0.25, 0.3) is 5.91 Å². The van der Waals surface area contributed by atoms with Crippen LogP contribution in [0.2, 0.25) is 0 Å². The van der Waals surface area contributed by atoms with E-state index in [1.165, 1.54) is 6.07 Å². The van der Waals surface area contributed by atoms with Gasteiger partial charge in [-0.2, -0.15) is 13.2 Å². The molecule has 21 heavy (non-hydrogen) atoms. The number of carbonyl (C=O) groups excluding carboxylic acids is 1. The first-order valence-corrected chi connectivity index (χ1v) is 7.11. The Kier molecular flexibility index (Phi) is 4.75. The lowest BCUT2D eigenvalue weighted by Crippen LogP contribution is -2.36. The Hall–Kier alpha value is -1.72. The molecule has 0 radical (unpaired) electrons. The first-order valence-electron chi connectivity index (χ1n) is 7.11. The molecule has 0 aromatic heterocycles. The molecule has 0 bridgehead atoms. The highest BCUT2D eigenvalue weighted by atomic mass is 19.4. The summed E-state index contributed by atoms with van der Waals surface area (Å²) in [7, 11) is 1.58. The predicted octanol–water partition coefficient (Wildman–Crippen LogP) is 3.81. The molecule has 0 spiro atoms. The number of carbonyl (C=O) groups is 1. The van der Waals surface area contributed by atoms with Crippen molar-refractivity contribution in [1.29, 1.82) is 0 Å². The SMILES string of the molecule is CNc1ccc(C(F)(F)F)cc1C(=O)NC1CCCCC1. The Morgan fingerprint density at radius 2 is 1.86 bits per heavy atom. The van der Waals surface area contributed by atoms with Crippen molar-refractivity contribution in [3.63, 3.8) is 0 Å². The smallest absolute Gasteiger partial charge is 0.387 e. The summed E-state index contributed by atoms with van der Waals surface area (Å²) in [5.41, 5.74) is -0.371. The van der Waals surface area contributed by atoms with Gasteiger partial charge in [-0.25, -0.2) is 0 Å². The lowest BCUT2D eigenvalue weighted by atomic mass is 9.95. The number of hydrogen-bond donors (Lipinski definition) is 2. The number of alkyl halides is 3. The summed E-state index contributed by atoms with van der Waals surface area (Å²) in [6.45, 7) is 0. The molecule has 0 unspecified atom stereocenters. The third kappa shape index (κ3) is 3.89. The van der Waals surface area contributed by atoms with Gasteiger partial charge in [0.05, 0.1) is 11.1 Å². The quantitative estimate of drug-likeness (QED) is 0.891. The van der Waals surface area contributed by atoms with Crippen LogP contribution in [0, 0.1) is 0 Å². The molecule has 1 aromatic rings. The van der Waals surface area contributed by atoms with Crippen molar-refractivity contribution in [2.75, 3.05) is 12.4 Å². The molecule has 1 amide bonds. The Bertz CT molecular complexity index is 508. The largest absolute Gasteiger partial charge is 0.416 e. The topological polar surface area (TPSA) is 41.1 Å². The van der Waals surface area contributed by atoms with Gasteiger partial charge in [0.2, 0.25) is 0 Å². The van der Waals surface area contributed by atoms with Crippen molar-refractivity contribution in [2.45, 2.75) is 44.3 Å². The standard InChI is InChI=1S/C15H19F3N2O/c1-19-13-8-7-10(15(16,17)18)9-12(13)14(21)20-11-5-3-2-4-6-11/h7-9,11,19H,2-6H2,1H3,(H,20,21). The van der Waals surface area contributed by atoms with Crippen molar-refractivity contribution < 1.29 is 18.0 Å². The van der Waals surface area contributed by atoms with Crippen LogP contribution in [0.1, 0.15) is 48.0 Å². The van der Waals surface area contributed by atoms with Crippen LogP contribution in [-0.4, -0.2) is 19.0 Å². The van der Waals surface area contributed by atoms with Gasteiger partial charge in [0.15, 0.2) is 0 Å². The zero-order chi connectivity index (χ0) is 15.5. The molecule has 116 valence electrons. The summed E-state index contributed by atoms with van der Waals surface area (Å²) in [6, 6.07) is 3.23. The molecule has 0 heterocycles. The fourth-order valence-corrected chi connectivity index (χ4v) is 2.64. The maximum atomic E-state index is 12.8. The fraction of sp³-hybridized carbons (Fsp3) is 0.533. The summed E-state index contributed by atoms with van der Waals surface area (Å²) >= 11 is 0. The molecule has 0 saturated heterocycles. The summed E-state index contributed by atoms with van der Waals surface area (Å²) in [5.74, 6) is -0.447. The molecule has 1 fully saturated rings. The second-order valence-electron chi connectivity index (χ2n) is 5.32. The molecule has 2 rings (SSSR count). The maximum absolute atomic E-state index is 12.8. The van der Waals surface area contributed by atoms with E-state index < -0.39 is 17.6 Å². The van der Waals surface area contributed by atoms with Gasteiger partial charge in [0, 0.05) is 18.8 Å². The normalized spacial score (nSPS) is 16.6. The number of amides is 1. The van der Waals surface area contributed by atoms with E-state index in [-0.39, 0.29) is 11.6 Å². The molecule has 6 heteroatoms. The first kappa shape index (κ1) is 15.7. The maximum Gasteiger partial charge on any atom is 0.416 e. The lowest BCUT2D eigenvalue weighted by molar-refractivity contribution is -0.137. The number of nitrogens with one attached hydrogen (secondary N) is 2. The van der Waals surface area contributed by atoms with Gasteiger partial charge in [-0.1, -0.05) is 19.3 Å². The highest BCUT2D eigenvalue weighted by Crippen LogP contribution is 2.32. The number of anilines is 1. The van der Waals surface area contributed by atoms with Crippen molar-refractivity contribution in [3.05, 3.63) is 29.3 Å². The third-order valence-corrected chi connectivity index (χ3v) is 3.80. The van der Waals surface area contributed by atoms with Crippen LogP contribution in [0.15, 0.2) is 18.2 Å². The van der Waals surface area contributed by atoms with E-state index in [0.717, 1.165) is 44.2 Å². The molecule has 1 saturated carbocycles. The second-order valence-corrected chi connectivity index (χ2v) is 5.32. The molecule has 0 atom stereocenters. The highest BCUT2D eigenvalue weighted by Gasteiger charge is 2.32. The van der Waals surface area contributed by atoms with Crippen molar-refractivity contribution in [2.24, 2.45) is 0 Å². The zero-order valence-corrected chi connectivity index (χ0v) is 11.9. The van der Waals surface area contributed by atoms with Crippen LogP contribution in [0.3, 0.4) is 0 Å². The third-order valence-electron chi connectivity index (χ3n) is 3.80. The minimum atomic E-state index is -4.45. The zero-order valence-electron chi connectivity index (χ0n) is 11.9. The number of benzene rings is 1. The van der Waals surface area contributed by atoms with Gasteiger partial charge < -0.3 is 10.6 Å². The average Bonchev–Trinajstić information content (AvgIpc) is 2.46. The summed E-state index contributed by atoms with van der Waals surface area (Å²) in [5, 5.41) is 5.61. The number of hydrogen-bond acceptors (Lipinski definition) is 2. The van der Waals surface area contributed by atoms with Gasteiger partial charge >= 0.3 is 6.18 Å². The van der Waals surface area contributed by atoms with Crippen LogP contribution < -0.4 is 10.6 Å². The minimum Gasteiger partial charge on any atom is -0.387 e. The molecule has 3 nitrogen and oxygen atoms in total. The van der Waals surface area contributed by atoms with Gasteiger partial charge in [0.1, 0.15) is 0 Å². The number of halogens is 3. The minimum absolute atomic E-state index is 0.0397. The van der Waals surface area contributed by atoms with E-state index >= 15 is 0 Å². The van der Waals surface area contributed by atoms with Crippen molar-refractivity contribution >= 4 is 11.6 Å². The van der Waals surface area contributed by atoms with Gasteiger partial charge in [-0.3, -0.25) is 4.79 Å². The highest BCUT2D eigenvalue weighted by molar-refractivity contribution is 6.00. The van der Waals surface area contributed by atoms with Crippen molar-refractivity contribution in [3.8, 4) is 0 Å². The van der Waals surface area contributed by atoms with E-state index in [0.29, 0.717) is 5.69 Å². The molecule has 2 N–H and O–H groups in total. The molecule has 0 aliphatic heterocycles. The van der Waals surface area contributed by atoms with E-state index in [9.17, 15) is 18.0 Å². The second kappa shape index (κ2) is 6.37. The van der Waals surface area contributed by atoms with E-state index in [2.05, 4.69) is 10.6 Å². The van der Waals surface area contributed by atoms with E-state index in [1.807, 2.05) is 0 Å². The van der Waals surface area contributed by atoms with Crippen molar-refractivity contribution in [1.82, 2.24) is 5.32 Å². The Labute approximate surface area is 121 Å². The van der Waals surface area contributed by atoms with Crippen LogP contribution in [0.25, 0.3) is 0 Å². The lowest BCUT2D eigenvalue weighted by Gasteiger charge is -2.23. The Balaban J connectivity index is 2.21. The summed E-state index contributed by atoms with van der Waals surface area (Å²) in [4.78, 5) is 12.3. The van der Waals surface area contributed by atoms with E-state index in [1.54, 1.807) is 7.05 Å². The Morgan fingerprint density at radius 3 is 2.43 bits per heavy atom. The summed E-state index contributed by atoms with van der Waals surface area (Å²) < 4.78 is 38.3. The van der Waals surface area contributed by atoms with Crippen LogP contribution in [0.5, 0.6) is 0 Å². The van der Waals surface area contributed by atoms with Crippen LogP contribution in [0.4, 0.5) is 18.9 Å². The van der Waals surface area contributed by atoms with E-state index in [4.69, 9.17) is 0 Å². The molecule has 1 aliphatic carbocycles. The monoisotopic (exact) mass is 300 g/mol. The number of rotatable bonds is 3. The van der Waals surface area contributed by atoms with Gasteiger partial charge in [-0.15, -0.1) is 0 Å². The molecule has 1 aliphatic rings. The summed E-state index contributed by atoms with van der Waals surface area (Å²) in [6.07, 6.45) is 0.571.